The minimum absolute atomic E-state index is 0.0487. The average Bonchev–Trinajstić information content (AvgIpc) is 2.75. The summed E-state index contributed by atoms with van der Waals surface area (Å²) in [5.41, 5.74) is 0.822. The molecule has 1 aromatic heterocycles. The number of halogens is 4. The second-order valence-corrected chi connectivity index (χ2v) is 7.79. The fourth-order valence-electron chi connectivity index (χ4n) is 2.92. The van der Waals surface area contributed by atoms with Gasteiger partial charge in [0.15, 0.2) is 0 Å². The normalized spacial score (nSPS) is 11.1. The summed E-state index contributed by atoms with van der Waals surface area (Å²) in [6.45, 7) is 6.36. The van der Waals surface area contributed by atoms with Crippen molar-refractivity contribution in [1.82, 2.24) is 15.0 Å². The van der Waals surface area contributed by atoms with E-state index in [0.29, 0.717) is 35.6 Å². The summed E-state index contributed by atoms with van der Waals surface area (Å²) in [7, 11) is 0. The Hall–Kier alpha value is -3.60. The van der Waals surface area contributed by atoms with Gasteiger partial charge in [0.05, 0.1) is 10.6 Å². The molecule has 4 N–H and O–H groups in total. The maximum atomic E-state index is 13.0. The summed E-state index contributed by atoms with van der Waals surface area (Å²) in [6, 6.07) is 7.52. The Labute approximate surface area is 199 Å². The molecule has 3 aromatic rings. The van der Waals surface area contributed by atoms with Crippen molar-refractivity contribution in [2.24, 2.45) is 0 Å². The molecule has 180 valence electrons. The van der Waals surface area contributed by atoms with Crippen LogP contribution in [0.4, 0.5) is 46.9 Å². The Balaban J connectivity index is 1.73. The minimum atomic E-state index is -4.64. The van der Waals surface area contributed by atoms with Gasteiger partial charge in [-0.15, -0.1) is 0 Å². The fraction of sp³-hybridized carbons (Fsp3) is 0.273. The molecule has 0 bridgehead atoms. The first kappa shape index (κ1) is 25.0. The van der Waals surface area contributed by atoms with Crippen molar-refractivity contribution in [1.29, 1.82) is 0 Å². The number of aryl methyl sites for hydroxylation is 2. The van der Waals surface area contributed by atoms with Gasteiger partial charge in [0.1, 0.15) is 5.82 Å². The number of rotatable bonds is 7. The third-order valence-electron chi connectivity index (χ3n) is 4.55. The zero-order chi connectivity index (χ0) is 24.9. The molecule has 34 heavy (non-hydrogen) atoms. The number of nitrogens with zero attached hydrogens (tertiary/aromatic N) is 3. The highest BCUT2D eigenvalue weighted by molar-refractivity contribution is 6.31. The molecule has 8 nitrogen and oxygen atoms in total. The maximum Gasteiger partial charge on any atom is 0.417 e. The van der Waals surface area contributed by atoms with Gasteiger partial charge in [0, 0.05) is 23.6 Å². The predicted molar refractivity (Wildman–Crippen MR) is 127 cm³/mol. The van der Waals surface area contributed by atoms with Crippen molar-refractivity contribution in [3.8, 4) is 0 Å². The van der Waals surface area contributed by atoms with Gasteiger partial charge in [0.25, 0.3) is 0 Å². The van der Waals surface area contributed by atoms with Crippen LogP contribution in [-0.2, 0) is 6.18 Å². The van der Waals surface area contributed by atoms with Crippen LogP contribution in [-0.4, -0.2) is 27.5 Å². The summed E-state index contributed by atoms with van der Waals surface area (Å²) < 4.78 is 39.1. The van der Waals surface area contributed by atoms with E-state index in [9.17, 15) is 18.0 Å². The summed E-state index contributed by atoms with van der Waals surface area (Å²) >= 11 is 5.62. The predicted octanol–water partition coefficient (Wildman–Crippen LogP) is 6.37. The lowest BCUT2D eigenvalue weighted by Gasteiger charge is -2.14. The summed E-state index contributed by atoms with van der Waals surface area (Å²) in [6.07, 6.45) is -3.72. The molecular weight excluding hydrogens is 471 g/mol. The lowest BCUT2D eigenvalue weighted by Crippen LogP contribution is -2.20. The van der Waals surface area contributed by atoms with E-state index in [2.05, 4.69) is 36.2 Å². The molecule has 2 amide bonds. The van der Waals surface area contributed by atoms with Crippen molar-refractivity contribution in [3.05, 3.63) is 58.4 Å². The maximum absolute atomic E-state index is 13.0. The third-order valence-corrected chi connectivity index (χ3v) is 4.88. The Morgan fingerprint density at radius 1 is 0.971 bits per heavy atom. The Morgan fingerprint density at radius 3 is 2.29 bits per heavy atom. The van der Waals surface area contributed by atoms with E-state index in [0.717, 1.165) is 24.1 Å². The van der Waals surface area contributed by atoms with Crippen LogP contribution < -0.4 is 21.3 Å². The van der Waals surface area contributed by atoms with Gasteiger partial charge < -0.3 is 21.3 Å². The zero-order valence-electron chi connectivity index (χ0n) is 18.6. The molecule has 0 aliphatic carbocycles. The second kappa shape index (κ2) is 10.6. The van der Waals surface area contributed by atoms with Gasteiger partial charge in [-0.25, -0.2) is 4.79 Å². The average molecular weight is 494 g/mol. The molecule has 0 aliphatic rings. The molecule has 0 atom stereocenters. The van der Waals surface area contributed by atoms with Crippen LogP contribution in [0.3, 0.4) is 0 Å². The minimum Gasteiger partial charge on any atom is -0.354 e. The number of carbonyl (C=O) groups excluding carboxylic acids is 1. The van der Waals surface area contributed by atoms with Gasteiger partial charge in [-0.3, -0.25) is 0 Å². The Morgan fingerprint density at radius 2 is 1.62 bits per heavy atom. The van der Waals surface area contributed by atoms with Crippen LogP contribution in [0.5, 0.6) is 0 Å². The van der Waals surface area contributed by atoms with E-state index in [1.165, 1.54) is 6.07 Å². The molecule has 12 heteroatoms. The molecule has 0 fully saturated rings. The molecule has 0 saturated carbocycles. The number of aromatic nitrogens is 3. The molecule has 1 heterocycles. The number of nitrogens with one attached hydrogen (secondary N) is 4. The third kappa shape index (κ3) is 6.70. The molecule has 2 aromatic carbocycles. The van der Waals surface area contributed by atoms with Crippen LogP contribution in [0.25, 0.3) is 0 Å². The van der Waals surface area contributed by atoms with Gasteiger partial charge >= 0.3 is 12.2 Å². The van der Waals surface area contributed by atoms with Crippen LogP contribution >= 0.6 is 11.6 Å². The molecule has 0 unspecified atom stereocenters. The highest BCUT2D eigenvalue weighted by Crippen LogP contribution is 2.36. The van der Waals surface area contributed by atoms with Crippen molar-refractivity contribution in [3.63, 3.8) is 0 Å². The zero-order valence-corrected chi connectivity index (χ0v) is 19.4. The Kier molecular flexibility index (Phi) is 7.77. The molecule has 3 rings (SSSR count). The monoisotopic (exact) mass is 493 g/mol. The van der Waals surface area contributed by atoms with Crippen molar-refractivity contribution in [2.45, 2.75) is 33.4 Å². The van der Waals surface area contributed by atoms with Gasteiger partial charge in [0.2, 0.25) is 11.9 Å². The standard InChI is InChI=1S/C22H23ClF3N7O/c1-4-9-27-19-28-13(3)29-20(33-19)32-18-11-15(6-5-12(18)2)31-21(34)30-14-7-8-17(23)16(10-14)22(24,25)26/h5-8,10-11H,4,9H2,1-3H3,(H2,30,31,34)(H2,27,28,29,32,33). The van der Waals surface area contributed by atoms with E-state index < -0.39 is 22.8 Å². The fourth-order valence-corrected chi connectivity index (χ4v) is 3.15. The summed E-state index contributed by atoms with van der Waals surface area (Å²) in [4.78, 5) is 25.2. The number of urea groups is 1. The number of hydrogen-bond acceptors (Lipinski definition) is 6. The quantitative estimate of drug-likeness (QED) is 0.305. The largest absolute Gasteiger partial charge is 0.417 e. The van der Waals surface area contributed by atoms with E-state index in [4.69, 9.17) is 11.6 Å². The number of amides is 2. The number of alkyl halides is 3. The SMILES string of the molecule is CCCNc1nc(C)nc(Nc2cc(NC(=O)Nc3ccc(Cl)c(C(F)(F)F)c3)ccc2C)n1. The number of benzene rings is 2. The first-order chi connectivity index (χ1) is 16.0. The molecule has 0 saturated heterocycles. The highest BCUT2D eigenvalue weighted by atomic mass is 35.5. The van der Waals surface area contributed by atoms with Crippen LogP contribution in [0.2, 0.25) is 5.02 Å². The van der Waals surface area contributed by atoms with Gasteiger partial charge in [-0.05, 0) is 56.2 Å². The van der Waals surface area contributed by atoms with E-state index in [1.54, 1.807) is 25.1 Å². The van der Waals surface area contributed by atoms with Crippen molar-refractivity contribution in [2.75, 3.05) is 27.8 Å². The van der Waals surface area contributed by atoms with E-state index in [-0.39, 0.29) is 5.69 Å². The lowest BCUT2D eigenvalue weighted by atomic mass is 10.2. The summed E-state index contributed by atoms with van der Waals surface area (Å²) in [5, 5.41) is 10.7. The van der Waals surface area contributed by atoms with Gasteiger partial charge in [-0.1, -0.05) is 24.6 Å². The summed E-state index contributed by atoms with van der Waals surface area (Å²) in [5.74, 6) is 1.31. The molecule has 0 spiro atoms. The van der Waals surface area contributed by atoms with Crippen molar-refractivity contribution >= 4 is 46.6 Å². The van der Waals surface area contributed by atoms with E-state index >= 15 is 0 Å². The highest BCUT2D eigenvalue weighted by Gasteiger charge is 2.33. The first-order valence-corrected chi connectivity index (χ1v) is 10.7. The Bertz CT molecular complexity index is 1190. The first-order valence-electron chi connectivity index (χ1n) is 10.3. The van der Waals surface area contributed by atoms with Crippen LogP contribution in [0, 0.1) is 13.8 Å². The van der Waals surface area contributed by atoms with E-state index in [1.807, 2.05) is 13.8 Å². The molecule has 0 radical (unpaired) electrons. The smallest absolute Gasteiger partial charge is 0.354 e. The van der Waals surface area contributed by atoms with Crippen LogP contribution in [0.1, 0.15) is 30.3 Å². The molecule has 0 aliphatic heterocycles. The number of hydrogen-bond donors (Lipinski definition) is 4. The number of carbonyl (C=O) groups is 1. The molecular formula is C22H23ClF3N7O. The van der Waals surface area contributed by atoms with Crippen molar-refractivity contribution < 1.29 is 18.0 Å². The van der Waals surface area contributed by atoms with Gasteiger partial charge in [-0.2, -0.15) is 28.1 Å². The van der Waals surface area contributed by atoms with Crippen LogP contribution in [0.15, 0.2) is 36.4 Å². The topological polar surface area (TPSA) is 104 Å². The second-order valence-electron chi connectivity index (χ2n) is 7.38. The number of anilines is 5. The lowest BCUT2D eigenvalue weighted by molar-refractivity contribution is -0.137.